The second-order valence-electron chi connectivity index (χ2n) is 5.62. The molecule has 1 saturated carbocycles. The fraction of sp³-hybridized carbons (Fsp3) is 1.00. The Morgan fingerprint density at radius 3 is 2.44 bits per heavy atom. The second kappa shape index (κ2) is 7.29. The van der Waals surface area contributed by atoms with Gasteiger partial charge in [0.15, 0.2) is 0 Å². The maximum Gasteiger partial charge on any atom is 0.0241 e. The molecule has 96 valence electrons. The van der Waals surface area contributed by atoms with Crippen LogP contribution in [0.1, 0.15) is 65.7 Å². The van der Waals surface area contributed by atoms with Gasteiger partial charge in [0.05, 0.1) is 0 Å². The van der Waals surface area contributed by atoms with E-state index in [1.54, 1.807) is 0 Å². The monoisotopic (exact) mass is 226 g/mol. The predicted molar refractivity (Wildman–Crippen MR) is 70.9 cm³/mol. The summed E-state index contributed by atoms with van der Waals surface area (Å²) < 4.78 is 0. The van der Waals surface area contributed by atoms with Crippen molar-refractivity contribution >= 4 is 0 Å². The molecule has 2 heteroatoms. The Balaban J connectivity index is 2.33. The van der Waals surface area contributed by atoms with Gasteiger partial charge in [-0.1, -0.05) is 46.5 Å². The fourth-order valence-corrected chi connectivity index (χ4v) is 2.73. The first kappa shape index (κ1) is 14.0. The molecule has 0 heterocycles. The van der Waals surface area contributed by atoms with Crippen LogP contribution < -0.4 is 11.3 Å². The Morgan fingerprint density at radius 2 is 2.00 bits per heavy atom. The van der Waals surface area contributed by atoms with E-state index in [1.807, 2.05) is 0 Å². The Kier molecular flexibility index (Phi) is 6.37. The van der Waals surface area contributed by atoms with E-state index in [2.05, 4.69) is 26.2 Å². The van der Waals surface area contributed by atoms with E-state index in [4.69, 9.17) is 5.84 Å². The third-order valence-corrected chi connectivity index (χ3v) is 4.34. The molecule has 0 radical (unpaired) electrons. The summed E-state index contributed by atoms with van der Waals surface area (Å²) in [4.78, 5) is 0. The van der Waals surface area contributed by atoms with Gasteiger partial charge in [-0.15, -0.1) is 0 Å². The van der Waals surface area contributed by atoms with E-state index in [-0.39, 0.29) is 0 Å². The van der Waals surface area contributed by atoms with Gasteiger partial charge in [-0.25, -0.2) is 0 Å². The predicted octanol–water partition coefficient (Wildman–Crippen LogP) is 3.47. The van der Waals surface area contributed by atoms with Crippen LogP contribution in [0.4, 0.5) is 0 Å². The maximum absolute atomic E-state index is 5.72. The van der Waals surface area contributed by atoms with Gasteiger partial charge in [0.1, 0.15) is 0 Å². The summed E-state index contributed by atoms with van der Waals surface area (Å²) in [6.45, 7) is 6.96. The summed E-state index contributed by atoms with van der Waals surface area (Å²) in [6.07, 6.45) is 9.47. The molecule has 3 unspecified atom stereocenters. The minimum Gasteiger partial charge on any atom is -0.271 e. The lowest BCUT2D eigenvalue weighted by atomic mass is 9.85. The van der Waals surface area contributed by atoms with Gasteiger partial charge in [-0.3, -0.25) is 11.3 Å². The molecule has 0 bridgehead atoms. The molecule has 0 aromatic rings. The number of hydrazine groups is 1. The highest BCUT2D eigenvalue weighted by Crippen LogP contribution is 2.39. The third-order valence-electron chi connectivity index (χ3n) is 4.34. The Labute approximate surface area is 101 Å². The van der Waals surface area contributed by atoms with E-state index in [0.717, 1.165) is 17.8 Å². The summed E-state index contributed by atoms with van der Waals surface area (Å²) in [5.41, 5.74) is 3.06. The Morgan fingerprint density at radius 1 is 1.31 bits per heavy atom. The molecule has 1 rings (SSSR count). The molecular weight excluding hydrogens is 196 g/mol. The van der Waals surface area contributed by atoms with Crippen molar-refractivity contribution in [3.8, 4) is 0 Å². The molecule has 2 nitrogen and oxygen atoms in total. The standard InChI is InChI=1S/C14H30N2/c1-4-6-7-12(5-2)10-14(16-15)11(3)13-8-9-13/h11-14,16H,4-10,15H2,1-3H3. The van der Waals surface area contributed by atoms with Crippen LogP contribution in [-0.2, 0) is 0 Å². The highest BCUT2D eigenvalue weighted by Gasteiger charge is 2.33. The number of nitrogens with two attached hydrogens (primary N) is 1. The van der Waals surface area contributed by atoms with Gasteiger partial charge in [0.25, 0.3) is 0 Å². The molecule has 0 saturated heterocycles. The van der Waals surface area contributed by atoms with Crippen LogP contribution in [-0.4, -0.2) is 6.04 Å². The van der Waals surface area contributed by atoms with Crippen LogP contribution in [0.3, 0.4) is 0 Å². The molecular formula is C14H30N2. The van der Waals surface area contributed by atoms with Crippen molar-refractivity contribution in [3.05, 3.63) is 0 Å². The van der Waals surface area contributed by atoms with Crippen molar-refractivity contribution in [1.29, 1.82) is 0 Å². The largest absolute Gasteiger partial charge is 0.271 e. The normalized spacial score (nSPS) is 21.8. The van der Waals surface area contributed by atoms with Gasteiger partial charge in [-0.05, 0) is 37.0 Å². The van der Waals surface area contributed by atoms with E-state index in [9.17, 15) is 0 Å². The van der Waals surface area contributed by atoms with Crippen LogP contribution >= 0.6 is 0 Å². The summed E-state index contributed by atoms with van der Waals surface area (Å²) in [5, 5.41) is 0. The third kappa shape index (κ3) is 4.42. The van der Waals surface area contributed by atoms with E-state index >= 15 is 0 Å². The van der Waals surface area contributed by atoms with Gasteiger partial charge >= 0.3 is 0 Å². The topological polar surface area (TPSA) is 38.0 Å². The van der Waals surface area contributed by atoms with Crippen molar-refractivity contribution < 1.29 is 0 Å². The second-order valence-corrected chi connectivity index (χ2v) is 5.62. The van der Waals surface area contributed by atoms with Crippen molar-refractivity contribution in [3.63, 3.8) is 0 Å². The smallest absolute Gasteiger partial charge is 0.0241 e. The lowest BCUT2D eigenvalue weighted by molar-refractivity contribution is 0.270. The maximum atomic E-state index is 5.72. The summed E-state index contributed by atoms with van der Waals surface area (Å²) in [6, 6.07) is 0.536. The molecule has 0 aromatic heterocycles. The molecule has 3 atom stereocenters. The van der Waals surface area contributed by atoms with Crippen LogP contribution in [0.2, 0.25) is 0 Å². The highest BCUT2D eigenvalue weighted by molar-refractivity contribution is 4.86. The van der Waals surface area contributed by atoms with Crippen LogP contribution in [0.5, 0.6) is 0 Å². The van der Waals surface area contributed by atoms with Gasteiger partial charge in [0.2, 0.25) is 0 Å². The zero-order chi connectivity index (χ0) is 12.0. The van der Waals surface area contributed by atoms with Crippen LogP contribution in [0, 0.1) is 17.8 Å². The van der Waals surface area contributed by atoms with Crippen LogP contribution in [0.25, 0.3) is 0 Å². The number of hydrogen-bond donors (Lipinski definition) is 2. The molecule has 0 aromatic carbocycles. The van der Waals surface area contributed by atoms with E-state index in [0.29, 0.717) is 6.04 Å². The molecule has 0 spiro atoms. The number of hydrogen-bond acceptors (Lipinski definition) is 2. The van der Waals surface area contributed by atoms with Crippen molar-refractivity contribution in [1.82, 2.24) is 5.43 Å². The minimum absolute atomic E-state index is 0.536. The highest BCUT2D eigenvalue weighted by atomic mass is 15.2. The number of rotatable bonds is 9. The van der Waals surface area contributed by atoms with Crippen molar-refractivity contribution in [2.75, 3.05) is 0 Å². The quantitative estimate of drug-likeness (QED) is 0.467. The molecule has 0 amide bonds. The van der Waals surface area contributed by atoms with E-state index in [1.165, 1.54) is 44.9 Å². The molecule has 1 fully saturated rings. The SMILES string of the molecule is CCCCC(CC)CC(NN)C(C)C1CC1. The average molecular weight is 226 g/mol. The lowest BCUT2D eigenvalue weighted by Crippen LogP contribution is -2.42. The lowest BCUT2D eigenvalue weighted by Gasteiger charge is -2.27. The zero-order valence-corrected chi connectivity index (χ0v) is 11.3. The van der Waals surface area contributed by atoms with Crippen LogP contribution in [0.15, 0.2) is 0 Å². The number of unbranched alkanes of at least 4 members (excludes halogenated alkanes) is 1. The van der Waals surface area contributed by atoms with Gasteiger partial charge in [0, 0.05) is 6.04 Å². The first-order valence-corrected chi connectivity index (χ1v) is 7.19. The molecule has 0 aliphatic heterocycles. The Hall–Kier alpha value is -0.0800. The van der Waals surface area contributed by atoms with Crippen molar-refractivity contribution in [2.45, 2.75) is 71.8 Å². The molecule has 3 N–H and O–H groups in total. The summed E-state index contributed by atoms with van der Waals surface area (Å²) in [5.74, 6) is 8.30. The summed E-state index contributed by atoms with van der Waals surface area (Å²) in [7, 11) is 0. The van der Waals surface area contributed by atoms with Crippen molar-refractivity contribution in [2.24, 2.45) is 23.6 Å². The zero-order valence-electron chi connectivity index (χ0n) is 11.3. The first-order valence-electron chi connectivity index (χ1n) is 7.19. The first-order chi connectivity index (χ1) is 7.72. The molecule has 16 heavy (non-hydrogen) atoms. The molecule has 1 aliphatic carbocycles. The van der Waals surface area contributed by atoms with E-state index < -0.39 is 0 Å². The van der Waals surface area contributed by atoms with Gasteiger partial charge < -0.3 is 0 Å². The number of nitrogens with one attached hydrogen (secondary N) is 1. The Bertz CT molecular complexity index is 178. The summed E-state index contributed by atoms with van der Waals surface area (Å²) >= 11 is 0. The minimum atomic E-state index is 0.536. The van der Waals surface area contributed by atoms with Gasteiger partial charge in [-0.2, -0.15) is 0 Å². The average Bonchev–Trinajstić information content (AvgIpc) is 3.13. The molecule has 1 aliphatic rings. The fourth-order valence-electron chi connectivity index (χ4n) is 2.73.